The number of hydrogen-bond acceptors (Lipinski definition) is 6. The van der Waals surface area contributed by atoms with Crippen molar-refractivity contribution in [2.24, 2.45) is 0 Å². The minimum atomic E-state index is -0.287. The van der Waals surface area contributed by atoms with Crippen LogP contribution in [0.25, 0.3) is 11.4 Å². The van der Waals surface area contributed by atoms with E-state index in [-0.39, 0.29) is 11.7 Å². The van der Waals surface area contributed by atoms with Crippen molar-refractivity contribution < 1.29 is 13.4 Å². The van der Waals surface area contributed by atoms with Crippen LogP contribution < -0.4 is 4.90 Å². The first-order valence-corrected chi connectivity index (χ1v) is 7.47. The van der Waals surface area contributed by atoms with E-state index in [2.05, 4.69) is 26.5 Å². The van der Waals surface area contributed by atoms with Gasteiger partial charge in [0.05, 0.1) is 5.92 Å². The largest absolute Gasteiger partial charge is 0.353 e. The summed E-state index contributed by atoms with van der Waals surface area (Å²) in [6.07, 6.45) is 4.58. The second kappa shape index (κ2) is 5.83. The maximum absolute atomic E-state index is 13.0. The first kappa shape index (κ1) is 13.9. The van der Waals surface area contributed by atoms with Crippen molar-refractivity contribution >= 4 is 5.82 Å². The van der Waals surface area contributed by atoms with Gasteiger partial charge in [-0.3, -0.25) is 0 Å². The van der Waals surface area contributed by atoms with E-state index in [0.717, 1.165) is 37.3 Å². The molecular weight excluding hydrogens is 299 g/mol. The maximum Gasteiger partial charge on any atom is 0.231 e. The van der Waals surface area contributed by atoms with E-state index >= 15 is 0 Å². The minimum absolute atomic E-state index is 0.141. The summed E-state index contributed by atoms with van der Waals surface area (Å²) in [6.45, 7) is 1.65. The molecule has 2 aromatic heterocycles. The smallest absolute Gasteiger partial charge is 0.231 e. The molecule has 6 nitrogen and oxygen atoms in total. The normalized spacial score (nSPS) is 18.3. The van der Waals surface area contributed by atoms with Crippen molar-refractivity contribution in [3.63, 3.8) is 0 Å². The van der Waals surface area contributed by atoms with Crippen molar-refractivity contribution in [2.45, 2.75) is 18.8 Å². The zero-order chi connectivity index (χ0) is 15.6. The molecule has 3 aromatic rings. The molecule has 117 valence electrons. The third-order valence-corrected chi connectivity index (χ3v) is 4.02. The summed E-state index contributed by atoms with van der Waals surface area (Å²) in [5.74, 6) is 1.70. The monoisotopic (exact) mass is 313 g/mol. The maximum atomic E-state index is 13.0. The van der Waals surface area contributed by atoms with Crippen LogP contribution in [0.3, 0.4) is 0 Å². The van der Waals surface area contributed by atoms with Gasteiger partial charge in [-0.25, -0.2) is 4.39 Å². The van der Waals surface area contributed by atoms with Gasteiger partial charge in [0.1, 0.15) is 5.82 Å². The third kappa shape index (κ3) is 2.81. The molecule has 1 radical (unpaired) electrons. The highest BCUT2D eigenvalue weighted by molar-refractivity contribution is 5.53. The summed E-state index contributed by atoms with van der Waals surface area (Å²) in [5, 5.41) is 7.93. The summed E-state index contributed by atoms with van der Waals surface area (Å²) in [4.78, 5) is 6.59. The standard InChI is InChI=1S/C16H14FN4O2/c17-13-5-3-11(4-6-13)15-18-16(23-20-15)12-2-1-8-21(10-12)14-7-9-22-19-14/h3-7,12H,1-2,8,10H2/t12-/m0/s1. The zero-order valence-electron chi connectivity index (χ0n) is 12.3. The molecule has 0 aliphatic carbocycles. The van der Waals surface area contributed by atoms with Gasteiger partial charge in [0, 0.05) is 24.7 Å². The van der Waals surface area contributed by atoms with Gasteiger partial charge in [0.2, 0.25) is 18.0 Å². The lowest BCUT2D eigenvalue weighted by molar-refractivity contribution is 0.331. The Morgan fingerprint density at radius 3 is 2.87 bits per heavy atom. The molecule has 3 heterocycles. The Morgan fingerprint density at radius 1 is 1.22 bits per heavy atom. The fourth-order valence-electron chi connectivity index (χ4n) is 2.83. The van der Waals surface area contributed by atoms with Gasteiger partial charge in [-0.1, -0.05) is 10.3 Å². The van der Waals surface area contributed by atoms with Crippen LogP contribution in [0.2, 0.25) is 0 Å². The molecule has 23 heavy (non-hydrogen) atoms. The summed E-state index contributed by atoms with van der Waals surface area (Å²) in [7, 11) is 0. The van der Waals surface area contributed by atoms with Gasteiger partial charge < -0.3 is 13.9 Å². The second-order valence-corrected chi connectivity index (χ2v) is 5.55. The van der Waals surface area contributed by atoms with Crippen LogP contribution in [0.1, 0.15) is 24.7 Å². The zero-order valence-corrected chi connectivity index (χ0v) is 12.3. The molecule has 0 unspecified atom stereocenters. The lowest BCUT2D eigenvalue weighted by atomic mass is 9.98. The van der Waals surface area contributed by atoms with Gasteiger partial charge in [0.15, 0.2) is 5.82 Å². The van der Waals surface area contributed by atoms with Gasteiger partial charge in [-0.2, -0.15) is 4.98 Å². The Labute approximate surface area is 131 Å². The summed E-state index contributed by atoms with van der Waals surface area (Å²) in [6, 6.07) is 7.77. The van der Waals surface area contributed by atoms with Crippen molar-refractivity contribution in [3.8, 4) is 11.4 Å². The van der Waals surface area contributed by atoms with E-state index in [1.54, 1.807) is 18.2 Å². The Morgan fingerprint density at radius 2 is 2.09 bits per heavy atom. The number of anilines is 1. The molecule has 1 aliphatic rings. The fourth-order valence-corrected chi connectivity index (χ4v) is 2.83. The predicted octanol–water partition coefficient (Wildman–Crippen LogP) is 3.05. The number of hydrogen-bond donors (Lipinski definition) is 0. The predicted molar refractivity (Wildman–Crippen MR) is 79.2 cm³/mol. The number of aromatic nitrogens is 3. The SMILES string of the molecule is Fc1ccc(-c2noc([C@H]3CCCN(c4c[c]on4)C3)n2)cc1. The quantitative estimate of drug-likeness (QED) is 0.740. The summed E-state index contributed by atoms with van der Waals surface area (Å²) < 4.78 is 23.2. The first-order chi connectivity index (χ1) is 11.3. The minimum Gasteiger partial charge on any atom is -0.353 e. The molecule has 1 saturated heterocycles. The molecular formula is C16H14FN4O2. The molecule has 1 aromatic carbocycles. The van der Waals surface area contributed by atoms with Crippen LogP contribution in [0, 0.1) is 12.1 Å². The second-order valence-electron chi connectivity index (χ2n) is 5.55. The number of halogens is 1. The molecule has 0 saturated carbocycles. The lowest BCUT2D eigenvalue weighted by Gasteiger charge is -2.30. The molecule has 1 fully saturated rings. The van der Waals surface area contributed by atoms with Crippen molar-refractivity contribution in [2.75, 3.05) is 18.0 Å². The van der Waals surface area contributed by atoms with Gasteiger partial charge in [0.25, 0.3) is 0 Å². The van der Waals surface area contributed by atoms with Gasteiger partial charge in [-0.05, 0) is 37.1 Å². The van der Waals surface area contributed by atoms with Crippen LogP contribution in [-0.2, 0) is 0 Å². The van der Waals surface area contributed by atoms with E-state index < -0.39 is 0 Å². The summed E-state index contributed by atoms with van der Waals surface area (Å²) in [5.41, 5.74) is 0.736. The van der Waals surface area contributed by atoms with Crippen molar-refractivity contribution in [3.05, 3.63) is 48.3 Å². The van der Waals surface area contributed by atoms with Crippen LogP contribution in [0.5, 0.6) is 0 Å². The molecule has 0 amide bonds. The highest BCUT2D eigenvalue weighted by Gasteiger charge is 2.27. The van der Waals surface area contributed by atoms with Crippen LogP contribution in [0.15, 0.2) is 39.4 Å². The first-order valence-electron chi connectivity index (χ1n) is 7.47. The van der Waals surface area contributed by atoms with Crippen LogP contribution in [0.4, 0.5) is 10.2 Å². The van der Waals surface area contributed by atoms with Crippen molar-refractivity contribution in [1.82, 2.24) is 15.3 Å². The molecule has 0 bridgehead atoms. The highest BCUT2D eigenvalue weighted by Crippen LogP contribution is 2.29. The Hall–Kier alpha value is -2.70. The highest BCUT2D eigenvalue weighted by atomic mass is 19.1. The average molecular weight is 313 g/mol. The lowest BCUT2D eigenvalue weighted by Crippen LogP contribution is -2.34. The van der Waals surface area contributed by atoms with Crippen LogP contribution in [-0.4, -0.2) is 28.4 Å². The van der Waals surface area contributed by atoms with E-state index in [1.165, 1.54) is 12.1 Å². The molecule has 1 aliphatic heterocycles. The van der Waals surface area contributed by atoms with Crippen LogP contribution >= 0.6 is 0 Å². The third-order valence-electron chi connectivity index (χ3n) is 4.02. The topological polar surface area (TPSA) is 68.2 Å². The number of benzene rings is 1. The molecule has 0 spiro atoms. The summed E-state index contributed by atoms with van der Waals surface area (Å²) >= 11 is 0. The number of nitrogens with zero attached hydrogens (tertiary/aromatic N) is 4. The van der Waals surface area contributed by atoms with Gasteiger partial charge in [-0.15, -0.1) is 0 Å². The number of rotatable bonds is 3. The average Bonchev–Trinajstić information content (AvgIpc) is 3.28. The van der Waals surface area contributed by atoms with E-state index in [9.17, 15) is 4.39 Å². The fraction of sp³-hybridized carbons (Fsp3) is 0.312. The molecule has 1 atom stereocenters. The molecule has 0 N–H and O–H groups in total. The Balaban J connectivity index is 1.53. The van der Waals surface area contributed by atoms with E-state index in [4.69, 9.17) is 9.05 Å². The molecule has 4 rings (SSSR count). The van der Waals surface area contributed by atoms with Gasteiger partial charge >= 0.3 is 0 Å². The Bertz CT molecular complexity index is 770. The van der Waals surface area contributed by atoms with Crippen molar-refractivity contribution in [1.29, 1.82) is 0 Å². The van der Waals surface area contributed by atoms with E-state index in [0.29, 0.717) is 11.7 Å². The van der Waals surface area contributed by atoms with E-state index in [1.807, 2.05) is 0 Å². The number of piperidine rings is 1. The Kier molecular flexibility index (Phi) is 3.53. The molecule has 7 heteroatoms.